The molecule has 0 bridgehead atoms. The number of carboxylic acids is 1. The van der Waals surface area contributed by atoms with Crippen LogP contribution in [0, 0.1) is 12.8 Å². The summed E-state index contributed by atoms with van der Waals surface area (Å²) < 4.78 is 0. The van der Waals surface area contributed by atoms with Crippen molar-refractivity contribution in [3.8, 4) is 0 Å². The van der Waals surface area contributed by atoms with Gasteiger partial charge in [0.15, 0.2) is 11.7 Å². The van der Waals surface area contributed by atoms with Crippen LogP contribution in [0.5, 0.6) is 0 Å². The van der Waals surface area contributed by atoms with E-state index in [1.54, 1.807) is 6.92 Å². The number of nitrogens with one attached hydrogen (secondary N) is 3. The lowest BCUT2D eigenvalue weighted by molar-refractivity contribution is -0.137. The van der Waals surface area contributed by atoms with Gasteiger partial charge in [-0.05, 0) is 80.0 Å². The zero-order valence-electron chi connectivity index (χ0n) is 23.0. The molecule has 208 valence electrons. The predicted molar refractivity (Wildman–Crippen MR) is 154 cm³/mol. The van der Waals surface area contributed by atoms with Crippen LogP contribution in [0.3, 0.4) is 0 Å². The SMILES string of the molecule is CCc1cc(C(C)=O)cc(C)c1NC(Cc1ccc(N2CCC(CNC3=NCCC(=O)N3)CC2)cc1)C(=O)O. The molecule has 4 rings (SSSR count). The Kier molecular flexibility index (Phi) is 9.22. The van der Waals surface area contributed by atoms with E-state index in [1.165, 1.54) is 0 Å². The highest BCUT2D eigenvalue weighted by Gasteiger charge is 2.23. The molecule has 1 fully saturated rings. The molecule has 1 atom stereocenters. The van der Waals surface area contributed by atoms with E-state index in [1.807, 2.05) is 38.1 Å². The number of anilines is 2. The topological polar surface area (TPSA) is 123 Å². The number of aryl methyl sites for hydroxylation is 2. The van der Waals surface area contributed by atoms with Crippen LogP contribution in [0.4, 0.5) is 11.4 Å². The number of guanidine groups is 1. The quantitative estimate of drug-likeness (QED) is 0.345. The Labute approximate surface area is 230 Å². The average molecular weight is 534 g/mol. The largest absolute Gasteiger partial charge is 0.480 e. The van der Waals surface area contributed by atoms with E-state index in [4.69, 9.17) is 0 Å². The molecule has 0 spiro atoms. The van der Waals surface area contributed by atoms with Gasteiger partial charge in [-0.2, -0.15) is 0 Å². The van der Waals surface area contributed by atoms with Crippen molar-refractivity contribution in [2.75, 3.05) is 36.4 Å². The summed E-state index contributed by atoms with van der Waals surface area (Å²) in [4.78, 5) is 42.2. The molecule has 0 aliphatic carbocycles. The molecule has 9 nitrogen and oxygen atoms in total. The Balaban J connectivity index is 1.33. The predicted octanol–water partition coefficient (Wildman–Crippen LogP) is 3.55. The van der Waals surface area contributed by atoms with Gasteiger partial charge in [0.1, 0.15) is 6.04 Å². The van der Waals surface area contributed by atoms with E-state index in [0.717, 1.165) is 60.5 Å². The number of carbonyl (C=O) groups excluding carboxylic acids is 2. The second-order valence-electron chi connectivity index (χ2n) is 10.5. The van der Waals surface area contributed by atoms with Crippen molar-refractivity contribution >= 4 is 35.0 Å². The highest BCUT2D eigenvalue weighted by molar-refractivity contribution is 5.98. The molecule has 1 unspecified atom stereocenters. The number of hydrogen-bond acceptors (Lipinski definition) is 7. The maximum Gasteiger partial charge on any atom is 0.326 e. The molecule has 2 aromatic rings. The lowest BCUT2D eigenvalue weighted by Crippen LogP contribution is -2.46. The summed E-state index contributed by atoms with van der Waals surface area (Å²) in [5.74, 6) is 0.212. The fraction of sp³-hybridized carbons (Fsp3) is 0.467. The molecule has 1 saturated heterocycles. The highest BCUT2D eigenvalue weighted by Crippen LogP contribution is 2.27. The molecule has 0 radical (unpaired) electrons. The summed E-state index contributed by atoms with van der Waals surface area (Å²) in [5, 5.41) is 19.3. The summed E-state index contributed by atoms with van der Waals surface area (Å²) in [5.41, 5.74) is 5.33. The van der Waals surface area contributed by atoms with Crippen molar-refractivity contribution in [1.29, 1.82) is 0 Å². The number of ketones is 1. The molecule has 39 heavy (non-hydrogen) atoms. The second kappa shape index (κ2) is 12.8. The van der Waals surface area contributed by atoms with E-state index >= 15 is 0 Å². The number of hydrogen-bond donors (Lipinski definition) is 4. The number of aliphatic carboxylic acids is 1. The zero-order valence-corrected chi connectivity index (χ0v) is 23.0. The third kappa shape index (κ3) is 7.37. The molecule has 9 heteroatoms. The van der Waals surface area contributed by atoms with Gasteiger partial charge < -0.3 is 20.6 Å². The zero-order chi connectivity index (χ0) is 27.9. The van der Waals surface area contributed by atoms with Crippen LogP contribution in [-0.2, 0) is 22.4 Å². The van der Waals surface area contributed by atoms with Crippen LogP contribution in [0.25, 0.3) is 0 Å². The molecule has 0 saturated carbocycles. The Bertz CT molecular complexity index is 1230. The number of Topliss-reactive ketones (excluding diaryl/α,β-unsaturated/α-hetero) is 1. The monoisotopic (exact) mass is 533 g/mol. The molecule has 4 N–H and O–H groups in total. The molecule has 0 aromatic heterocycles. The molecular weight excluding hydrogens is 494 g/mol. The van der Waals surface area contributed by atoms with Crippen LogP contribution in [-0.4, -0.2) is 60.9 Å². The highest BCUT2D eigenvalue weighted by atomic mass is 16.4. The Morgan fingerprint density at radius 1 is 1.18 bits per heavy atom. The number of aliphatic imine (C=N–C) groups is 1. The fourth-order valence-electron chi connectivity index (χ4n) is 5.24. The van der Waals surface area contributed by atoms with Gasteiger partial charge in [-0.15, -0.1) is 0 Å². The lowest BCUT2D eigenvalue weighted by Gasteiger charge is -2.34. The van der Waals surface area contributed by atoms with Gasteiger partial charge in [0.25, 0.3) is 0 Å². The van der Waals surface area contributed by atoms with Gasteiger partial charge in [0, 0.05) is 49.4 Å². The van der Waals surface area contributed by atoms with Crippen molar-refractivity contribution in [2.24, 2.45) is 10.9 Å². The van der Waals surface area contributed by atoms with Crippen LogP contribution >= 0.6 is 0 Å². The van der Waals surface area contributed by atoms with Crippen molar-refractivity contribution in [3.63, 3.8) is 0 Å². The first-order valence-corrected chi connectivity index (χ1v) is 13.8. The van der Waals surface area contributed by atoms with Gasteiger partial charge in [-0.25, -0.2) is 4.79 Å². The summed E-state index contributed by atoms with van der Waals surface area (Å²) in [7, 11) is 0. The standard InChI is InChI=1S/C30H39N5O4/c1-4-23-17-24(20(3)36)15-19(2)28(23)33-26(29(38)39)16-21-5-7-25(8-6-21)35-13-10-22(11-14-35)18-32-30-31-12-9-27(37)34-30/h5-8,15,17,22,26,33H,4,9-14,16,18H2,1-3H3,(H,38,39)(H2,31,32,34,37). The molecule has 2 aromatic carbocycles. The van der Waals surface area contributed by atoms with Crippen LogP contribution in [0.15, 0.2) is 41.4 Å². The summed E-state index contributed by atoms with van der Waals surface area (Å²) in [6.07, 6.45) is 3.58. The number of benzene rings is 2. The normalized spacial score (nSPS) is 16.7. The maximum atomic E-state index is 12.2. The van der Waals surface area contributed by atoms with Gasteiger partial charge in [0.05, 0.1) is 6.54 Å². The lowest BCUT2D eigenvalue weighted by atomic mass is 9.96. The molecule has 2 aliphatic heterocycles. The van der Waals surface area contributed by atoms with E-state index in [0.29, 0.717) is 43.2 Å². The van der Waals surface area contributed by atoms with Crippen LogP contribution in [0.1, 0.15) is 60.2 Å². The van der Waals surface area contributed by atoms with Crippen molar-refractivity contribution in [3.05, 3.63) is 58.7 Å². The number of nitrogens with zero attached hydrogens (tertiary/aromatic N) is 2. The van der Waals surface area contributed by atoms with Gasteiger partial charge in [-0.1, -0.05) is 19.1 Å². The number of carbonyl (C=O) groups is 3. The molecule has 1 amide bonds. The first-order chi connectivity index (χ1) is 18.7. The van der Waals surface area contributed by atoms with E-state index in [2.05, 4.69) is 38.0 Å². The maximum absolute atomic E-state index is 12.2. The van der Waals surface area contributed by atoms with E-state index in [-0.39, 0.29) is 11.7 Å². The number of rotatable bonds is 10. The molecule has 2 aliphatic rings. The van der Waals surface area contributed by atoms with Crippen molar-refractivity contribution < 1.29 is 19.5 Å². The third-order valence-corrected chi connectivity index (χ3v) is 7.60. The van der Waals surface area contributed by atoms with E-state index < -0.39 is 12.0 Å². The Morgan fingerprint density at radius 2 is 1.90 bits per heavy atom. The van der Waals surface area contributed by atoms with Gasteiger partial charge >= 0.3 is 5.97 Å². The third-order valence-electron chi connectivity index (χ3n) is 7.60. The van der Waals surface area contributed by atoms with Crippen LogP contribution in [0.2, 0.25) is 0 Å². The van der Waals surface area contributed by atoms with Gasteiger partial charge in [-0.3, -0.25) is 19.9 Å². The van der Waals surface area contributed by atoms with Crippen molar-refractivity contribution in [1.82, 2.24) is 10.6 Å². The van der Waals surface area contributed by atoms with Gasteiger partial charge in [0.2, 0.25) is 5.91 Å². The van der Waals surface area contributed by atoms with E-state index in [9.17, 15) is 19.5 Å². The molecule has 2 heterocycles. The minimum absolute atomic E-state index is 0.000456. The van der Waals surface area contributed by atoms with Crippen LogP contribution < -0.4 is 20.9 Å². The first kappa shape index (κ1) is 28.1. The smallest absolute Gasteiger partial charge is 0.326 e. The summed E-state index contributed by atoms with van der Waals surface area (Å²) in [6, 6.07) is 11.1. The Morgan fingerprint density at radius 3 is 2.51 bits per heavy atom. The Hall–Kier alpha value is -3.88. The summed E-state index contributed by atoms with van der Waals surface area (Å²) >= 11 is 0. The number of piperidine rings is 1. The summed E-state index contributed by atoms with van der Waals surface area (Å²) in [6.45, 7) is 8.68. The average Bonchev–Trinajstić information content (AvgIpc) is 2.93. The molecular formula is C30H39N5O4. The first-order valence-electron chi connectivity index (χ1n) is 13.8. The minimum Gasteiger partial charge on any atom is -0.480 e. The van der Waals surface area contributed by atoms with Crippen molar-refractivity contribution in [2.45, 2.75) is 58.9 Å². The number of amides is 1. The second-order valence-corrected chi connectivity index (χ2v) is 10.5. The minimum atomic E-state index is -0.911. The number of carboxylic acid groups (broad SMARTS) is 1. The fourth-order valence-corrected chi connectivity index (χ4v) is 5.24.